The van der Waals surface area contributed by atoms with E-state index in [1.165, 1.54) is 19.3 Å². The van der Waals surface area contributed by atoms with E-state index >= 15 is 0 Å². The van der Waals surface area contributed by atoms with Crippen molar-refractivity contribution < 1.29 is 4.79 Å². The third-order valence-corrected chi connectivity index (χ3v) is 2.22. The van der Waals surface area contributed by atoms with E-state index in [0.717, 1.165) is 18.8 Å². The van der Waals surface area contributed by atoms with Crippen LogP contribution in [0.3, 0.4) is 0 Å². The van der Waals surface area contributed by atoms with Gasteiger partial charge in [0, 0.05) is 5.92 Å². The van der Waals surface area contributed by atoms with Crippen LogP contribution in [0.25, 0.3) is 0 Å². The third kappa shape index (κ3) is 2.29. The maximum atomic E-state index is 11.3. The van der Waals surface area contributed by atoms with Gasteiger partial charge in [-0.15, -0.1) is 0 Å². The monoisotopic (exact) mass is 154 g/mol. The van der Waals surface area contributed by atoms with Gasteiger partial charge >= 0.3 is 0 Å². The Labute approximate surface area is 68.2 Å². The molecule has 1 aliphatic rings. The fourth-order valence-corrected chi connectivity index (χ4v) is 1.55. The van der Waals surface area contributed by atoms with Gasteiger partial charge < -0.3 is 5.73 Å². The maximum Gasteiger partial charge on any atom is 0.156 e. The van der Waals surface area contributed by atoms with Crippen LogP contribution in [0, 0.1) is 5.92 Å². The fourth-order valence-electron chi connectivity index (χ4n) is 1.55. The van der Waals surface area contributed by atoms with Gasteiger partial charge in [-0.2, -0.15) is 0 Å². The SMILES string of the molecule is C[C@@H](N)C(=O)[C]1CCCCC1. The molecule has 0 aromatic rings. The lowest BCUT2D eigenvalue weighted by atomic mass is 9.84. The highest BCUT2D eigenvalue weighted by atomic mass is 16.1. The van der Waals surface area contributed by atoms with Gasteiger partial charge in [0.15, 0.2) is 5.78 Å². The van der Waals surface area contributed by atoms with E-state index in [1.54, 1.807) is 6.92 Å². The van der Waals surface area contributed by atoms with Crippen LogP contribution in [-0.4, -0.2) is 11.8 Å². The minimum Gasteiger partial charge on any atom is -0.322 e. The molecule has 0 aromatic heterocycles. The minimum atomic E-state index is -0.289. The second-order valence-electron chi connectivity index (χ2n) is 3.32. The molecule has 63 valence electrons. The van der Waals surface area contributed by atoms with Gasteiger partial charge in [-0.25, -0.2) is 0 Å². The predicted molar refractivity (Wildman–Crippen MR) is 45.0 cm³/mol. The zero-order valence-corrected chi connectivity index (χ0v) is 7.10. The molecule has 11 heavy (non-hydrogen) atoms. The standard InChI is InChI=1S/C9H16NO/c1-7(10)9(11)8-5-3-2-4-6-8/h7H,2-6,10H2,1H3/t7-/m1/s1. The normalized spacial score (nSPS) is 23.1. The Hall–Kier alpha value is -0.370. The van der Waals surface area contributed by atoms with Gasteiger partial charge in [0.05, 0.1) is 6.04 Å². The number of rotatable bonds is 2. The molecule has 1 radical (unpaired) electrons. The van der Waals surface area contributed by atoms with E-state index in [0.29, 0.717) is 0 Å². The van der Waals surface area contributed by atoms with Gasteiger partial charge in [-0.1, -0.05) is 19.3 Å². The summed E-state index contributed by atoms with van der Waals surface area (Å²) < 4.78 is 0. The third-order valence-electron chi connectivity index (χ3n) is 2.22. The van der Waals surface area contributed by atoms with Crippen molar-refractivity contribution in [2.75, 3.05) is 0 Å². The Morgan fingerprint density at radius 1 is 1.36 bits per heavy atom. The molecular formula is C9H16NO. The molecule has 0 aromatic carbocycles. The van der Waals surface area contributed by atoms with Crippen LogP contribution in [-0.2, 0) is 4.79 Å². The van der Waals surface area contributed by atoms with Crippen LogP contribution >= 0.6 is 0 Å². The lowest BCUT2D eigenvalue weighted by Crippen LogP contribution is -2.32. The van der Waals surface area contributed by atoms with Gasteiger partial charge in [0.1, 0.15) is 0 Å². The van der Waals surface area contributed by atoms with Crippen molar-refractivity contribution in [2.24, 2.45) is 5.73 Å². The Kier molecular flexibility index (Phi) is 3.06. The van der Waals surface area contributed by atoms with Crippen molar-refractivity contribution in [1.82, 2.24) is 0 Å². The molecule has 0 bridgehead atoms. The van der Waals surface area contributed by atoms with E-state index in [2.05, 4.69) is 0 Å². The topological polar surface area (TPSA) is 43.1 Å². The van der Waals surface area contributed by atoms with E-state index < -0.39 is 0 Å². The first-order valence-corrected chi connectivity index (χ1v) is 4.36. The summed E-state index contributed by atoms with van der Waals surface area (Å²) in [4.78, 5) is 11.3. The first kappa shape index (κ1) is 8.72. The largest absolute Gasteiger partial charge is 0.322 e. The van der Waals surface area contributed by atoms with E-state index in [4.69, 9.17) is 5.73 Å². The summed E-state index contributed by atoms with van der Waals surface area (Å²) in [7, 11) is 0. The van der Waals surface area contributed by atoms with Crippen molar-refractivity contribution >= 4 is 5.78 Å². The Balaban J connectivity index is 2.39. The molecule has 2 heteroatoms. The number of Topliss-reactive ketones (excluding diaryl/α,β-unsaturated/α-hetero) is 1. The fraction of sp³-hybridized carbons (Fsp3) is 0.778. The van der Waals surface area contributed by atoms with Crippen molar-refractivity contribution in [2.45, 2.75) is 45.1 Å². The first-order valence-electron chi connectivity index (χ1n) is 4.36. The number of nitrogens with two attached hydrogens (primary N) is 1. The molecule has 2 N–H and O–H groups in total. The molecule has 2 nitrogen and oxygen atoms in total. The minimum absolute atomic E-state index is 0.185. The average Bonchev–Trinajstić information content (AvgIpc) is 2.05. The van der Waals surface area contributed by atoms with Gasteiger partial charge in [-0.3, -0.25) is 4.79 Å². The molecular weight excluding hydrogens is 138 g/mol. The molecule has 0 heterocycles. The molecule has 1 rings (SSSR count). The van der Waals surface area contributed by atoms with Crippen LogP contribution in [0.15, 0.2) is 0 Å². The lowest BCUT2D eigenvalue weighted by Gasteiger charge is -2.20. The summed E-state index contributed by atoms with van der Waals surface area (Å²) in [5, 5.41) is 0. The first-order chi connectivity index (χ1) is 5.22. The Morgan fingerprint density at radius 3 is 2.36 bits per heavy atom. The second kappa shape index (κ2) is 3.86. The Bertz CT molecular complexity index is 136. The number of ketones is 1. The van der Waals surface area contributed by atoms with Crippen molar-refractivity contribution in [3.63, 3.8) is 0 Å². The van der Waals surface area contributed by atoms with Crippen molar-refractivity contribution in [3.8, 4) is 0 Å². The predicted octanol–water partition coefficient (Wildman–Crippen LogP) is 1.44. The zero-order valence-electron chi connectivity index (χ0n) is 7.10. The smallest absolute Gasteiger partial charge is 0.156 e. The number of hydrogen-bond acceptors (Lipinski definition) is 2. The zero-order chi connectivity index (χ0) is 8.27. The number of carbonyl (C=O) groups excluding carboxylic acids is 1. The highest BCUT2D eigenvalue weighted by Gasteiger charge is 2.23. The second-order valence-corrected chi connectivity index (χ2v) is 3.32. The molecule has 0 amide bonds. The molecule has 0 unspecified atom stereocenters. The summed E-state index contributed by atoms with van der Waals surface area (Å²) in [5.74, 6) is 1.26. The van der Waals surface area contributed by atoms with Crippen LogP contribution in [0.4, 0.5) is 0 Å². The lowest BCUT2D eigenvalue weighted by molar-refractivity contribution is -0.118. The summed E-state index contributed by atoms with van der Waals surface area (Å²) in [6, 6.07) is -0.289. The van der Waals surface area contributed by atoms with Crippen LogP contribution in [0.2, 0.25) is 0 Å². The summed E-state index contributed by atoms with van der Waals surface area (Å²) in [6.07, 6.45) is 5.60. The molecule has 0 spiro atoms. The van der Waals surface area contributed by atoms with E-state index in [-0.39, 0.29) is 11.8 Å². The van der Waals surface area contributed by atoms with Gasteiger partial charge in [0.2, 0.25) is 0 Å². The molecule has 1 atom stereocenters. The molecule has 0 saturated heterocycles. The molecule has 1 fully saturated rings. The summed E-state index contributed by atoms with van der Waals surface area (Å²) >= 11 is 0. The maximum absolute atomic E-state index is 11.3. The van der Waals surface area contributed by atoms with Crippen LogP contribution < -0.4 is 5.73 Å². The summed E-state index contributed by atoms with van der Waals surface area (Å²) in [5.41, 5.74) is 5.50. The van der Waals surface area contributed by atoms with Crippen molar-refractivity contribution in [3.05, 3.63) is 5.92 Å². The number of carbonyl (C=O) groups is 1. The number of hydrogen-bond donors (Lipinski definition) is 1. The van der Waals surface area contributed by atoms with Crippen molar-refractivity contribution in [1.29, 1.82) is 0 Å². The molecule has 0 aliphatic heterocycles. The van der Waals surface area contributed by atoms with Gasteiger partial charge in [-0.05, 0) is 19.8 Å². The van der Waals surface area contributed by atoms with Gasteiger partial charge in [0.25, 0.3) is 0 Å². The van der Waals surface area contributed by atoms with Crippen LogP contribution in [0.1, 0.15) is 39.0 Å². The Morgan fingerprint density at radius 2 is 1.91 bits per heavy atom. The van der Waals surface area contributed by atoms with E-state index in [9.17, 15) is 4.79 Å². The van der Waals surface area contributed by atoms with E-state index in [1.807, 2.05) is 0 Å². The summed E-state index contributed by atoms with van der Waals surface area (Å²) in [6.45, 7) is 1.77. The quantitative estimate of drug-likeness (QED) is 0.654. The average molecular weight is 154 g/mol. The molecule has 1 saturated carbocycles. The highest BCUT2D eigenvalue weighted by molar-refractivity contribution is 5.95. The highest BCUT2D eigenvalue weighted by Crippen LogP contribution is 2.26. The van der Waals surface area contributed by atoms with Crippen LogP contribution in [0.5, 0.6) is 0 Å². The molecule has 1 aliphatic carbocycles.